The lowest BCUT2D eigenvalue weighted by atomic mass is 9.91. The molecule has 0 atom stereocenters. The molecular formula is C22H29N5S. The molecule has 28 heavy (non-hydrogen) atoms. The molecule has 0 fully saturated rings. The molecular weight excluding hydrogens is 366 g/mol. The van der Waals surface area contributed by atoms with Gasteiger partial charge in [0.05, 0.1) is 0 Å². The first-order chi connectivity index (χ1) is 13.6. The van der Waals surface area contributed by atoms with E-state index in [9.17, 15) is 0 Å². The van der Waals surface area contributed by atoms with Gasteiger partial charge in [-0.15, -0.1) is 11.3 Å². The Morgan fingerprint density at radius 2 is 1.96 bits per heavy atom. The van der Waals surface area contributed by atoms with E-state index >= 15 is 0 Å². The zero-order valence-electron chi connectivity index (χ0n) is 16.9. The van der Waals surface area contributed by atoms with Gasteiger partial charge in [-0.2, -0.15) is 0 Å². The summed E-state index contributed by atoms with van der Waals surface area (Å²) in [7, 11) is 0. The highest BCUT2D eigenvalue weighted by Crippen LogP contribution is 2.26. The Labute approximate surface area is 171 Å². The van der Waals surface area contributed by atoms with E-state index in [1.165, 1.54) is 10.4 Å². The number of hydrogen-bond acceptors (Lipinski definition) is 3. The number of imidazole rings is 1. The van der Waals surface area contributed by atoms with Crippen molar-refractivity contribution in [2.45, 2.75) is 39.3 Å². The fraction of sp³-hybridized carbons (Fsp3) is 0.364. The van der Waals surface area contributed by atoms with Crippen molar-refractivity contribution < 1.29 is 0 Å². The van der Waals surface area contributed by atoms with E-state index < -0.39 is 0 Å². The molecule has 0 saturated carbocycles. The van der Waals surface area contributed by atoms with E-state index in [1.54, 1.807) is 11.3 Å². The summed E-state index contributed by atoms with van der Waals surface area (Å²) in [6.07, 6.45) is 3.85. The number of aromatic nitrogens is 2. The van der Waals surface area contributed by atoms with Crippen molar-refractivity contribution >= 4 is 17.3 Å². The number of thiophene rings is 1. The average molecular weight is 396 g/mol. The van der Waals surface area contributed by atoms with Crippen molar-refractivity contribution in [2.24, 2.45) is 4.99 Å². The monoisotopic (exact) mass is 395 g/mol. The Hall–Kier alpha value is -2.60. The third-order valence-electron chi connectivity index (χ3n) is 4.61. The van der Waals surface area contributed by atoms with Crippen LogP contribution < -0.4 is 10.6 Å². The summed E-state index contributed by atoms with van der Waals surface area (Å²) in [5, 5.41) is 8.95. The molecule has 0 bridgehead atoms. The van der Waals surface area contributed by atoms with Gasteiger partial charge in [0.1, 0.15) is 12.4 Å². The predicted octanol–water partition coefficient (Wildman–Crippen LogP) is 4.03. The van der Waals surface area contributed by atoms with Crippen molar-refractivity contribution in [3.8, 4) is 0 Å². The fourth-order valence-corrected chi connectivity index (χ4v) is 3.81. The Morgan fingerprint density at radius 1 is 1.14 bits per heavy atom. The van der Waals surface area contributed by atoms with E-state index in [0.29, 0.717) is 6.54 Å². The smallest absolute Gasteiger partial charge is 0.191 e. The summed E-state index contributed by atoms with van der Waals surface area (Å²) >= 11 is 1.80. The molecule has 0 radical (unpaired) electrons. The minimum absolute atomic E-state index is 0.0517. The van der Waals surface area contributed by atoms with Gasteiger partial charge in [-0.05, 0) is 23.9 Å². The van der Waals surface area contributed by atoms with Gasteiger partial charge in [-0.1, -0.05) is 50.2 Å². The summed E-state index contributed by atoms with van der Waals surface area (Å²) in [5.41, 5.74) is 1.31. The largest absolute Gasteiger partial charge is 0.357 e. The van der Waals surface area contributed by atoms with Crippen molar-refractivity contribution in [3.63, 3.8) is 0 Å². The van der Waals surface area contributed by atoms with Crippen LogP contribution in [0.25, 0.3) is 0 Å². The molecule has 0 amide bonds. The van der Waals surface area contributed by atoms with Crippen LogP contribution in [0.15, 0.2) is 65.2 Å². The maximum atomic E-state index is 4.76. The molecule has 0 aliphatic heterocycles. The van der Waals surface area contributed by atoms with Gasteiger partial charge in [0, 0.05) is 42.3 Å². The third kappa shape index (κ3) is 5.45. The lowest BCUT2D eigenvalue weighted by molar-refractivity contribution is 0.518. The summed E-state index contributed by atoms with van der Waals surface area (Å²) in [6, 6.07) is 14.7. The van der Waals surface area contributed by atoms with E-state index in [0.717, 1.165) is 31.4 Å². The van der Waals surface area contributed by atoms with Crippen LogP contribution in [0, 0.1) is 0 Å². The normalized spacial score (nSPS) is 12.2. The third-order valence-corrected chi connectivity index (χ3v) is 5.84. The highest BCUT2D eigenvalue weighted by molar-refractivity contribution is 7.10. The van der Waals surface area contributed by atoms with Crippen molar-refractivity contribution in [3.05, 3.63) is 76.5 Å². The van der Waals surface area contributed by atoms with Gasteiger partial charge >= 0.3 is 0 Å². The zero-order chi connectivity index (χ0) is 19.8. The van der Waals surface area contributed by atoms with Gasteiger partial charge in [-0.3, -0.25) is 0 Å². The van der Waals surface area contributed by atoms with Crippen LogP contribution in [0.4, 0.5) is 0 Å². The number of hydrogen-bond donors (Lipinski definition) is 2. The second kappa shape index (κ2) is 9.55. The zero-order valence-corrected chi connectivity index (χ0v) is 17.7. The van der Waals surface area contributed by atoms with Crippen LogP contribution in [0.2, 0.25) is 0 Å². The van der Waals surface area contributed by atoms with Gasteiger partial charge in [0.15, 0.2) is 5.96 Å². The molecule has 0 aliphatic carbocycles. The van der Waals surface area contributed by atoms with Crippen LogP contribution in [-0.2, 0) is 18.5 Å². The minimum Gasteiger partial charge on any atom is -0.357 e. The molecule has 3 aromatic rings. The van der Waals surface area contributed by atoms with Gasteiger partial charge in [-0.25, -0.2) is 9.98 Å². The number of guanidine groups is 1. The molecule has 3 rings (SSSR count). The highest BCUT2D eigenvalue weighted by Gasteiger charge is 2.21. The standard InChI is InChI=1S/C22H29N5S/c1-4-23-21(26-17-22(2,3)19-11-8-14-28-19)25-15-20-24-12-13-27(20)16-18-9-6-5-7-10-18/h5-14H,4,15-17H2,1-3H3,(H2,23,25,26). The summed E-state index contributed by atoms with van der Waals surface area (Å²) in [6.45, 7) is 9.57. The Bertz CT molecular complexity index is 865. The molecule has 0 aliphatic rings. The van der Waals surface area contributed by atoms with Gasteiger partial charge in [0.2, 0.25) is 0 Å². The number of aliphatic imine (C=N–C) groups is 1. The lowest BCUT2D eigenvalue weighted by Gasteiger charge is -2.25. The maximum Gasteiger partial charge on any atom is 0.191 e. The number of nitrogens with zero attached hydrogens (tertiary/aromatic N) is 3. The molecule has 0 saturated heterocycles. The Balaban J connectivity index is 1.64. The van der Waals surface area contributed by atoms with Crippen LogP contribution in [0.5, 0.6) is 0 Å². The number of nitrogens with one attached hydrogen (secondary N) is 2. The van der Waals surface area contributed by atoms with E-state index in [2.05, 4.69) is 82.7 Å². The highest BCUT2D eigenvalue weighted by atomic mass is 32.1. The predicted molar refractivity (Wildman–Crippen MR) is 118 cm³/mol. The summed E-state index contributed by atoms with van der Waals surface area (Å²) < 4.78 is 2.15. The number of rotatable bonds is 8. The van der Waals surface area contributed by atoms with Gasteiger partial charge in [0.25, 0.3) is 0 Å². The molecule has 0 spiro atoms. The first-order valence-corrected chi connectivity index (χ1v) is 10.6. The fourth-order valence-electron chi connectivity index (χ4n) is 2.96. The SMILES string of the molecule is CCNC(=NCc1nccn1Cc1ccccc1)NCC(C)(C)c1cccs1. The quantitative estimate of drug-likeness (QED) is 0.447. The van der Waals surface area contributed by atoms with E-state index in [1.807, 2.05) is 18.5 Å². The van der Waals surface area contributed by atoms with Crippen molar-refractivity contribution in [1.82, 2.24) is 20.2 Å². The summed E-state index contributed by atoms with van der Waals surface area (Å²) in [4.78, 5) is 10.6. The second-order valence-electron chi connectivity index (χ2n) is 7.37. The van der Waals surface area contributed by atoms with Crippen molar-refractivity contribution in [2.75, 3.05) is 13.1 Å². The molecule has 6 heteroatoms. The molecule has 0 unspecified atom stereocenters. The number of benzene rings is 1. The molecule has 1 aromatic carbocycles. The van der Waals surface area contributed by atoms with Crippen molar-refractivity contribution in [1.29, 1.82) is 0 Å². The lowest BCUT2D eigenvalue weighted by Crippen LogP contribution is -2.43. The Morgan fingerprint density at radius 3 is 2.68 bits per heavy atom. The van der Waals surface area contributed by atoms with Crippen LogP contribution in [-0.4, -0.2) is 28.6 Å². The second-order valence-corrected chi connectivity index (χ2v) is 8.31. The Kier molecular flexibility index (Phi) is 6.87. The molecule has 2 N–H and O–H groups in total. The average Bonchev–Trinajstić information content (AvgIpc) is 3.38. The molecule has 2 aromatic heterocycles. The summed E-state index contributed by atoms with van der Waals surface area (Å²) in [5.74, 6) is 1.78. The van der Waals surface area contributed by atoms with Crippen LogP contribution >= 0.6 is 11.3 Å². The molecule has 148 valence electrons. The topological polar surface area (TPSA) is 54.2 Å². The van der Waals surface area contributed by atoms with E-state index in [-0.39, 0.29) is 5.41 Å². The maximum absolute atomic E-state index is 4.76. The molecule has 2 heterocycles. The van der Waals surface area contributed by atoms with E-state index in [4.69, 9.17) is 4.99 Å². The van der Waals surface area contributed by atoms with Crippen LogP contribution in [0.1, 0.15) is 37.0 Å². The first kappa shape index (κ1) is 20.1. The van der Waals surface area contributed by atoms with Crippen LogP contribution in [0.3, 0.4) is 0 Å². The molecule has 5 nitrogen and oxygen atoms in total. The van der Waals surface area contributed by atoms with Gasteiger partial charge < -0.3 is 15.2 Å². The first-order valence-electron chi connectivity index (χ1n) is 9.68. The minimum atomic E-state index is 0.0517.